The van der Waals surface area contributed by atoms with Crippen LogP contribution in [0.3, 0.4) is 0 Å². The number of fused-ring (bicyclic) bond motifs is 1. The number of carboxylic acid groups (broad SMARTS) is 1. The molecule has 74 valence electrons. The van der Waals surface area contributed by atoms with E-state index in [0.29, 0.717) is 4.88 Å². The van der Waals surface area contributed by atoms with Crippen molar-refractivity contribution in [3.8, 4) is 0 Å². The highest BCUT2D eigenvalue weighted by Crippen LogP contribution is 2.28. The van der Waals surface area contributed by atoms with Crippen molar-refractivity contribution in [3.05, 3.63) is 16.9 Å². The minimum absolute atomic E-state index is 0.348. The van der Waals surface area contributed by atoms with Crippen LogP contribution in [0.15, 0.2) is 11.2 Å². The van der Waals surface area contributed by atoms with Gasteiger partial charge in [-0.3, -0.25) is 4.40 Å². The maximum absolute atomic E-state index is 10.7. The first-order valence-corrected chi connectivity index (χ1v) is 5.93. The number of aromatic carboxylic acids is 1. The first-order chi connectivity index (χ1) is 6.63. The number of thiazole rings is 1. The van der Waals surface area contributed by atoms with Gasteiger partial charge < -0.3 is 5.11 Å². The van der Waals surface area contributed by atoms with E-state index >= 15 is 0 Å². The van der Waals surface area contributed by atoms with E-state index in [4.69, 9.17) is 5.11 Å². The zero-order valence-corrected chi connectivity index (χ0v) is 9.28. The van der Waals surface area contributed by atoms with Crippen molar-refractivity contribution < 1.29 is 9.90 Å². The van der Waals surface area contributed by atoms with Crippen molar-refractivity contribution >= 4 is 33.9 Å². The summed E-state index contributed by atoms with van der Waals surface area (Å²) in [6.45, 7) is 1.87. The Morgan fingerprint density at radius 1 is 1.71 bits per heavy atom. The Kier molecular flexibility index (Phi) is 2.24. The summed E-state index contributed by atoms with van der Waals surface area (Å²) >= 11 is 2.79. The average Bonchev–Trinajstić information content (AvgIpc) is 2.66. The number of imidazole rings is 1. The number of aromatic nitrogens is 2. The van der Waals surface area contributed by atoms with Gasteiger partial charge in [-0.15, -0.1) is 23.1 Å². The van der Waals surface area contributed by atoms with Crippen molar-refractivity contribution in [1.29, 1.82) is 0 Å². The van der Waals surface area contributed by atoms with E-state index in [1.807, 2.05) is 17.6 Å². The minimum atomic E-state index is -0.884. The molecule has 0 spiro atoms. The third-order valence-electron chi connectivity index (χ3n) is 1.87. The zero-order valence-electron chi connectivity index (χ0n) is 7.64. The van der Waals surface area contributed by atoms with Crippen LogP contribution >= 0.6 is 23.1 Å². The van der Waals surface area contributed by atoms with Crippen LogP contribution in [0.5, 0.6) is 0 Å². The number of hydrogen-bond donors (Lipinski definition) is 1. The molecule has 4 nitrogen and oxygen atoms in total. The molecule has 0 amide bonds. The Bertz CT molecular complexity index is 501. The lowest BCUT2D eigenvalue weighted by atomic mass is 10.5. The quantitative estimate of drug-likeness (QED) is 0.800. The summed E-state index contributed by atoms with van der Waals surface area (Å²) in [6, 6.07) is 0. The molecule has 0 bridgehead atoms. The lowest BCUT2D eigenvalue weighted by Crippen LogP contribution is -1.91. The summed E-state index contributed by atoms with van der Waals surface area (Å²) in [7, 11) is 0. The number of thioether (sulfide) groups is 1. The molecule has 0 aliphatic rings. The van der Waals surface area contributed by atoms with Gasteiger partial charge >= 0.3 is 5.97 Å². The summed E-state index contributed by atoms with van der Waals surface area (Å²) in [5, 5.41) is 9.72. The van der Waals surface area contributed by atoms with E-state index in [9.17, 15) is 4.79 Å². The van der Waals surface area contributed by atoms with Crippen LogP contribution in [0.1, 0.15) is 15.5 Å². The molecule has 0 unspecified atom stereocenters. The summed E-state index contributed by atoms with van der Waals surface area (Å²) in [4.78, 5) is 16.3. The zero-order chi connectivity index (χ0) is 10.3. The van der Waals surface area contributed by atoms with Crippen molar-refractivity contribution in [2.24, 2.45) is 0 Å². The van der Waals surface area contributed by atoms with Crippen LogP contribution in [0.4, 0.5) is 0 Å². The fourth-order valence-corrected chi connectivity index (χ4v) is 2.96. The second kappa shape index (κ2) is 3.29. The van der Waals surface area contributed by atoms with Crippen molar-refractivity contribution in [1.82, 2.24) is 9.38 Å². The monoisotopic (exact) mass is 228 g/mol. The predicted molar refractivity (Wildman–Crippen MR) is 56.5 cm³/mol. The van der Waals surface area contributed by atoms with Crippen LogP contribution < -0.4 is 0 Å². The van der Waals surface area contributed by atoms with Gasteiger partial charge in [-0.2, -0.15) is 0 Å². The van der Waals surface area contributed by atoms with E-state index in [1.165, 1.54) is 23.1 Å². The molecule has 0 atom stereocenters. The third-order valence-corrected chi connectivity index (χ3v) is 3.75. The Morgan fingerprint density at radius 2 is 2.43 bits per heavy atom. The van der Waals surface area contributed by atoms with Crippen LogP contribution in [-0.2, 0) is 0 Å². The van der Waals surface area contributed by atoms with Gasteiger partial charge in [-0.1, -0.05) is 0 Å². The predicted octanol–water partition coefficient (Wildman–Crippen LogP) is 2.12. The average molecular weight is 228 g/mol. The van der Waals surface area contributed by atoms with Gasteiger partial charge in [0.15, 0.2) is 0 Å². The van der Waals surface area contributed by atoms with Crippen LogP contribution in [0.2, 0.25) is 0 Å². The Balaban J connectivity index is 2.70. The SMILES string of the molecule is CSc1nc(C)n2cc(C(=O)O)sc12. The molecule has 0 saturated heterocycles. The number of carboxylic acids is 1. The molecule has 2 aromatic heterocycles. The molecule has 0 aliphatic carbocycles. The van der Waals surface area contributed by atoms with E-state index in [1.54, 1.807) is 6.20 Å². The number of rotatable bonds is 2. The van der Waals surface area contributed by atoms with Gasteiger partial charge in [0, 0.05) is 6.20 Å². The largest absolute Gasteiger partial charge is 0.477 e. The molecule has 14 heavy (non-hydrogen) atoms. The third kappa shape index (κ3) is 1.31. The Hall–Kier alpha value is -1.01. The molecule has 2 heterocycles. The van der Waals surface area contributed by atoms with E-state index < -0.39 is 5.97 Å². The molecule has 0 saturated carbocycles. The van der Waals surface area contributed by atoms with Gasteiger partial charge in [0.2, 0.25) is 0 Å². The van der Waals surface area contributed by atoms with Crippen molar-refractivity contribution in [2.45, 2.75) is 11.9 Å². The molecule has 0 aliphatic heterocycles. The van der Waals surface area contributed by atoms with Crippen molar-refractivity contribution in [3.63, 3.8) is 0 Å². The molecule has 0 aromatic carbocycles. The minimum Gasteiger partial charge on any atom is -0.477 e. The number of nitrogens with zero attached hydrogens (tertiary/aromatic N) is 2. The summed E-state index contributed by atoms with van der Waals surface area (Å²) in [5.74, 6) is -0.0572. The fourth-order valence-electron chi connectivity index (χ4n) is 1.22. The van der Waals surface area contributed by atoms with Gasteiger partial charge in [-0.05, 0) is 13.2 Å². The second-order valence-electron chi connectivity index (χ2n) is 2.74. The van der Waals surface area contributed by atoms with Gasteiger partial charge in [0.25, 0.3) is 0 Å². The van der Waals surface area contributed by atoms with Crippen LogP contribution in [0.25, 0.3) is 4.83 Å². The molecule has 2 rings (SSSR count). The first kappa shape index (κ1) is 9.54. The summed E-state index contributed by atoms with van der Waals surface area (Å²) < 4.78 is 1.82. The van der Waals surface area contributed by atoms with Crippen LogP contribution in [-0.4, -0.2) is 26.7 Å². The number of aryl methyl sites for hydroxylation is 1. The normalized spacial score (nSPS) is 11.0. The lowest BCUT2D eigenvalue weighted by molar-refractivity contribution is 0.0702. The molecule has 2 aromatic rings. The molecular weight excluding hydrogens is 220 g/mol. The lowest BCUT2D eigenvalue weighted by Gasteiger charge is -1.85. The molecule has 1 N–H and O–H groups in total. The van der Waals surface area contributed by atoms with Gasteiger partial charge in [0.05, 0.1) is 0 Å². The molecule has 0 fully saturated rings. The maximum Gasteiger partial charge on any atom is 0.347 e. The smallest absolute Gasteiger partial charge is 0.347 e. The van der Waals surface area contributed by atoms with Gasteiger partial charge in [0.1, 0.15) is 20.6 Å². The van der Waals surface area contributed by atoms with E-state index in [0.717, 1.165) is 15.7 Å². The van der Waals surface area contributed by atoms with Gasteiger partial charge in [-0.25, -0.2) is 9.78 Å². The summed E-state index contributed by atoms with van der Waals surface area (Å²) in [6.07, 6.45) is 3.55. The molecular formula is C8H8N2O2S2. The topological polar surface area (TPSA) is 54.6 Å². The molecule has 0 radical (unpaired) electrons. The van der Waals surface area contributed by atoms with Crippen LogP contribution in [0, 0.1) is 6.92 Å². The fraction of sp³-hybridized carbons (Fsp3) is 0.250. The van der Waals surface area contributed by atoms with Crippen molar-refractivity contribution in [2.75, 3.05) is 6.26 Å². The standard InChI is InChI=1S/C8H8N2O2S2/c1-4-9-6(13-2)7-10(4)3-5(14-7)8(11)12/h3H,1-2H3,(H,11,12). The number of carbonyl (C=O) groups is 1. The molecule has 6 heteroatoms. The Morgan fingerprint density at radius 3 is 3.00 bits per heavy atom. The highest BCUT2D eigenvalue weighted by Gasteiger charge is 2.14. The highest BCUT2D eigenvalue weighted by molar-refractivity contribution is 7.98. The Labute approximate surface area is 88.6 Å². The van der Waals surface area contributed by atoms with E-state index in [2.05, 4.69) is 4.98 Å². The highest BCUT2D eigenvalue weighted by atomic mass is 32.2. The maximum atomic E-state index is 10.7. The second-order valence-corrected chi connectivity index (χ2v) is 4.57. The number of hydrogen-bond acceptors (Lipinski definition) is 4. The summed E-state index contributed by atoms with van der Waals surface area (Å²) in [5.41, 5.74) is 0. The first-order valence-electron chi connectivity index (χ1n) is 3.89. The van der Waals surface area contributed by atoms with E-state index in [-0.39, 0.29) is 0 Å².